The van der Waals surface area contributed by atoms with E-state index in [2.05, 4.69) is 22.6 Å². The van der Waals surface area contributed by atoms with Crippen LogP contribution in [0, 0.1) is 0 Å². The number of aryl methyl sites for hydroxylation is 1. The van der Waals surface area contributed by atoms with Crippen molar-refractivity contribution in [1.82, 2.24) is 20.3 Å². The molecular weight excluding hydrogens is 240 g/mol. The van der Waals surface area contributed by atoms with Crippen molar-refractivity contribution in [3.63, 3.8) is 0 Å². The smallest absolute Gasteiger partial charge is 0.251 e. The van der Waals surface area contributed by atoms with Gasteiger partial charge in [0.2, 0.25) is 0 Å². The summed E-state index contributed by atoms with van der Waals surface area (Å²) < 4.78 is 1.82. The maximum absolute atomic E-state index is 12.0. The van der Waals surface area contributed by atoms with E-state index in [1.165, 1.54) is 0 Å². The Hall–Kier alpha value is -1.91. The van der Waals surface area contributed by atoms with Crippen LogP contribution in [0.4, 0.5) is 0 Å². The molecule has 1 aromatic heterocycles. The highest BCUT2D eigenvalue weighted by atomic mass is 16.1. The van der Waals surface area contributed by atoms with Gasteiger partial charge in [-0.05, 0) is 31.5 Å². The lowest BCUT2D eigenvalue weighted by atomic mass is 10.2. The number of amides is 1. The van der Waals surface area contributed by atoms with E-state index in [0.29, 0.717) is 5.56 Å². The van der Waals surface area contributed by atoms with Crippen LogP contribution in [0.3, 0.4) is 0 Å². The molecule has 0 bridgehead atoms. The number of nitrogens with zero attached hydrogens (tertiary/aromatic N) is 3. The van der Waals surface area contributed by atoms with Crippen molar-refractivity contribution in [2.24, 2.45) is 0 Å². The van der Waals surface area contributed by atoms with E-state index < -0.39 is 0 Å². The summed E-state index contributed by atoms with van der Waals surface area (Å²) in [5.74, 6) is -0.0379. The topological polar surface area (TPSA) is 59.8 Å². The van der Waals surface area contributed by atoms with Crippen molar-refractivity contribution in [2.75, 3.05) is 6.54 Å². The predicted molar refractivity (Wildman–Crippen MR) is 75.1 cm³/mol. The van der Waals surface area contributed by atoms with E-state index in [1.54, 1.807) is 6.07 Å². The first-order valence-corrected chi connectivity index (χ1v) is 6.87. The average Bonchev–Trinajstić information content (AvgIpc) is 2.85. The quantitative estimate of drug-likeness (QED) is 0.811. The highest BCUT2D eigenvalue weighted by Crippen LogP contribution is 2.13. The summed E-state index contributed by atoms with van der Waals surface area (Å²) in [4.78, 5) is 12.0. The van der Waals surface area contributed by atoms with Crippen molar-refractivity contribution in [1.29, 1.82) is 0 Å². The van der Waals surface area contributed by atoms with Crippen LogP contribution in [0.2, 0.25) is 0 Å². The van der Waals surface area contributed by atoms with Crippen molar-refractivity contribution >= 4 is 16.9 Å². The van der Waals surface area contributed by atoms with Gasteiger partial charge in [-0.2, -0.15) is 0 Å². The predicted octanol–water partition coefficient (Wildman–Crippen LogP) is 2.37. The van der Waals surface area contributed by atoms with Crippen molar-refractivity contribution < 1.29 is 4.79 Å². The molecule has 5 heteroatoms. The molecule has 0 aliphatic rings. The lowest BCUT2D eigenvalue weighted by Crippen LogP contribution is -2.24. The normalized spacial score (nSPS) is 10.8. The minimum absolute atomic E-state index is 0.0379. The van der Waals surface area contributed by atoms with Crippen molar-refractivity contribution in [3.8, 4) is 0 Å². The van der Waals surface area contributed by atoms with E-state index >= 15 is 0 Å². The molecule has 2 aromatic rings. The highest BCUT2D eigenvalue weighted by Gasteiger charge is 2.09. The SMILES string of the molecule is CCCCCNC(=O)c1ccc2c(c1)nnn2CC. The van der Waals surface area contributed by atoms with E-state index in [1.807, 2.05) is 23.7 Å². The van der Waals surface area contributed by atoms with Crippen LogP contribution in [-0.4, -0.2) is 27.4 Å². The second-order valence-corrected chi connectivity index (χ2v) is 4.57. The van der Waals surface area contributed by atoms with Crippen LogP contribution >= 0.6 is 0 Å². The summed E-state index contributed by atoms with van der Waals surface area (Å²) in [6.07, 6.45) is 3.32. The number of nitrogens with one attached hydrogen (secondary N) is 1. The number of fused-ring (bicyclic) bond motifs is 1. The van der Waals surface area contributed by atoms with Gasteiger partial charge in [0.25, 0.3) is 5.91 Å². The number of carbonyl (C=O) groups excluding carboxylic acids is 1. The lowest BCUT2D eigenvalue weighted by molar-refractivity contribution is 0.0953. The summed E-state index contributed by atoms with van der Waals surface area (Å²) in [5.41, 5.74) is 2.38. The van der Waals surface area contributed by atoms with Gasteiger partial charge in [-0.25, -0.2) is 4.68 Å². The van der Waals surface area contributed by atoms with Gasteiger partial charge >= 0.3 is 0 Å². The molecule has 1 heterocycles. The third kappa shape index (κ3) is 3.10. The molecule has 1 N–H and O–H groups in total. The average molecular weight is 260 g/mol. The second kappa shape index (κ2) is 6.31. The van der Waals surface area contributed by atoms with E-state index in [-0.39, 0.29) is 5.91 Å². The number of aromatic nitrogens is 3. The minimum Gasteiger partial charge on any atom is -0.352 e. The first kappa shape index (κ1) is 13.5. The molecular formula is C14H20N4O. The number of hydrogen-bond donors (Lipinski definition) is 1. The summed E-state index contributed by atoms with van der Waals surface area (Å²) in [6, 6.07) is 5.52. The highest BCUT2D eigenvalue weighted by molar-refractivity contribution is 5.97. The van der Waals surface area contributed by atoms with Crippen LogP contribution in [0.5, 0.6) is 0 Å². The monoisotopic (exact) mass is 260 g/mol. The molecule has 2 rings (SSSR count). The van der Waals surface area contributed by atoms with Crippen LogP contribution in [0.1, 0.15) is 43.5 Å². The number of carbonyl (C=O) groups is 1. The standard InChI is InChI=1S/C14H20N4O/c1-3-5-6-9-15-14(19)11-7-8-13-12(10-11)16-17-18(13)4-2/h7-8,10H,3-6,9H2,1-2H3,(H,15,19). The van der Waals surface area contributed by atoms with E-state index in [9.17, 15) is 4.79 Å². The first-order valence-electron chi connectivity index (χ1n) is 6.87. The fourth-order valence-electron chi connectivity index (χ4n) is 2.03. The maximum atomic E-state index is 12.0. The molecule has 0 spiro atoms. The molecule has 102 valence electrons. The Morgan fingerprint density at radius 2 is 2.16 bits per heavy atom. The van der Waals surface area contributed by atoms with E-state index in [4.69, 9.17) is 0 Å². The number of benzene rings is 1. The van der Waals surface area contributed by atoms with E-state index in [0.717, 1.165) is 43.4 Å². The molecule has 0 aliphatic heterocycles. The fourth-order valence-corrected chi connectivity index (χ4v) is 2.03. The molecule has 0 fully saturated rings. The third-order valence-electron chi connectivity index (χ3n) is 3.14. The first-order chi connectivity index (χ1) is 9.26. The number of hydrogen-bond acceptors (Lipinski definition) is 3. The minimum atomic E-state index is -0.0379. The van der Waals surface area contributed by atoms with Gasteiger partial charge in [0.05, 0.1) is 5.52 Å². The molecule has 0 saturated carbocycles. The van der Waals surface area contributed by atoms with Crippen LogP contribution in [-0.2, 0) is 6.54 Å². The zero-order valence-corrected chi connectivity index (χ0v) is 11.5. The second-order valence-electron chi connectivity index (χ2n) is 4.57. The Balaban J connectivity index is 2.06. The van der Waals surface area contributed by atoms with Gasteiger partial charge < -0.3 is 5.32 Å². The molecule has 0 unspecified atom stereocenters. The third-order valence-corrected chi connectivity index (χ3v) is 3.14. The van der Waals surface area contributed by atoms with Gasteiger partial charge in [-0.1, -0.05) is 25.0 Å². The molecule has 5 nitrogen and oxygen atoms in total. The van der Waals surface area contributed by atoms with Crippen molar-refractivity contribution in [3.05, 3.63) is 23.8 Å². The summed E-state index contributed by atoms with van der Waals surface area (Å²) in [6.45, 7) is 5.67. The molecule has 0 atom stereocenters. The van der Waals surface area contributed by atoms with Crippen LogP contribution < -0.4 is 5.32 Å². The number of rotatable bonds is 6. The molecule has 19 heavy (non-hydrogen) atoms. The molecule has 0 saturated heterocycles. The fraction of sp³-hybridized carbons (Fsp3) is 0.500. The summed E-state index contributed by atoms with van der Waals surface area (Å²) >= 11 is 0. The van der Waals surface area contributed by atoms with Gasteiger partial charge in [0.1, 0.15) is 5.52 Å². The lowest BCUT2D eigenvalue weighted by Gasteiger charge is -2.04. The Kier molecular flexibility index (Phi) is 4.49. The van der Waals surface area contributed by atoms with Crippen LogP contribution in [0.25, 0.3) is 11.0 Å². The van der Waals surface area contributed by atoms with Crippen LogP contribution in [0.15, 0.2) is 18.2 Å². The molecule has 0 aliphatic carbocycles. The van der Waals surface area contributed by atoms with Gasteiger partial charge in [-0.15, -0.1) is 5.10 Å². The van der Waals surface area contributed by atoms with Gasteiger partial charge in [0, 0.05) is 18.7 Å². The van der Waals surface area contributed by atoms with Gasteiger partial charge in [0.15, 0.2) is 0 Å². The largest absolute Gasteiger partial charge is 0.352 e. The molecule has 1 aromatic carbocycles. The Bertz CT molecular complexity index is 562. The Morgan fingerprint density at radius 1 is 1.32 bits per heavy atom. The summed E-state index contributed by atoms with van der Waals surface area (Å²) in [7, 11) is 0. The zero-order chi connectivity index (χ0) is 13.7. The molecule has 1 amide bonds. The maximum Gasteiger partial charge on any atom is 0.251 e. The number of unbranched alkanes of at least 4 members (excludes halogenated alkanes) is 2. The zero-order valence-electron chi connectivity index (χ0n) is 11.5. The Morgan fingerprint density at radius 3 is 2.89 bits per heavy atom. The summed E-state index contributed by atoms with van der Waals surface area (Å²) in [5, 5.41) is 11.0. The van der Waals surface area contributed by atoms with Crippen molar-refractivity contribution in [2.45, 2.75) is 39.7 Å². The Labute approximate surface area is 113 Å². The molecule has 0 radical (unpaired) electrons. The van der Waals surface area contributed by atoms with Gasteiger partial charge in [-0.3, -0.25) is 4.79 Å².